The quantitative estimate of drug-likeness (QED) is 0.747. The van der Waals surface area contributed by atoms with Gasteiger partial charge in [0, 0.05) is 16.6 Å². The topological polar surface area (TPSA) is 17.8 Å². The highest BCUT2D eigenvalue weighted by atomic mass is 35.5. The van der Waals surface area contributed by atoms with E-state index < -0.39 is 0 Å². The molecule has 0 amide bonds. The van der Waals surface area contributed by atoms with Crippen molar-refractivity contribution in [3.05, 3.63) is 45.7 Å². The van der Waals surface area contributed by atoms with E-state index in [4.69, 9.17) is 23.2 Å². The summed E-state index contributed by atoms with van der Waals surface area (Å²) in [6.45, 7) is 6.14. The predicted molar refractivity (Wildman–Crippen MR) is 72.3 cm³/mol. The molecule has 1 heterocycles. The molecule has 1 aromatic heterocycles. The van der Waals surface area contributed by atoms with Crippen LogP contribution < -0.4 is 0 Å². The fourth-order valence-corrected chi connectivity index (χ4v) is 2.23. The Morgan fingerprint density at radius 3 is 2.47 bits per heavy atom. The third-order valence-electron chi connectivity index (χ3n) is 3.07. The summed E-state index contributed by atoms with van der Waals surface area (Å²) in [6, 6.07) is 5.70. The highest BCUT2D eigenvalue weighted by molar-refractivity contribution is 6.30. The van der Waals surface area contributed by atoms with Gasteiger partial charge in [-0.1, -0.05) is 11.6 Å². The van der Waals surface area contributed by atoms with E-state index in [2.05, 4.69) is 18.9 Å². The van der Waals surface area contributed by atoms with E-state index in [0.717, 1.165) is 22.6 Å². The lowest BCUT2D eigenvalue weighted by molar-refractivity contribution is 0.826. The Labute approximate surface area is 111 Å². The Balaban J connectivity index is 2.64. The zero-order valence-corrected chi connectivity index (χ0v) is 11.6. The van der Waals surface area contributed by atoms with Crippen LogP contribution in [-0.2, 0) is 5.88 Å². The van der Waals surface area contributed by atoms with Gasteiger partial charge in [0.25, 0.3) is 0 Å². The molecule has 0 fully saturated rings. The van der Waals surface area contributed by atoms with Crippen molar-refractivity contribution in [1.29, 1.82) is 0 Å². The second-order valence-corrected chi connectivity index (χ2v) is 4.82. The maximum Gasteiger partial charge on any atom is 0.0694 e. The lowest BCUT2D eigenvalue weighted by Gasteiger charge is -2.09. The Morgan fingerprint density at radius 2 is 1.94 bits per heavy atom. The van der Waals surface area contributed by atoms with E-state index in [1.165, 1.54) is 5.56 Å². The molecule has 17 heavy (non-hydrogen) atoms. The van der Waals surface area contributed by atoms with Crippen molar-refractivity contribution in [3.8, 4) is 5.69 Å². The highest BCUT2D eigenvalue weighted by Gasteiger charge is 2.12. The zero-order valence-electron chi connectivity index (χ0n) is 10.1. The molecule has 0 saturated heterocycles. The second-order valence-electron chi connectivity index (χ2n) is 4.11. The summed E-state index contributed by atoms with van der Waals surface area (Å²) in [6.07, 6.45) is 0. The van der Waals surface area contributed by atoms with Crippen molar-refractivity contribution in [2.75, 3.05) is 0 Å². The number of rotatable bonds is 2. The van der Waals surface area contributed by atoms with Crippen LogP contribution in [0.1, 0.15) is 22.5 Å². The van der Waals surface area contributed by atoms with Crippen LogP contribution in [0.5, 0.6) is 0 Å². The first-order valence-electron chi connectivity index (χ1n) is 5.42. The summed E-state index contributed by atoms with van der Waals surface area (Å²) in [5.41, 5.74) is 5.37. The standard InChI is InChI=1S/C13H14Cl2N2/c1-8-9(2)16-17(10(8)3)13-5-4-12(15)6-11(13)7-14/h4-6H,7H2,1-3H3. The number of benzene rings is 1. The van der Waals surface area contributed by atoms with Gasteiger partial charge in [0.05, 0.1) is 11.4 Å². The van der Waals surface area contributed by atoms with Gasteiger partial charge in [0.2, 0.25) is 0 Å². The molecule has 0 aliphatic heterocycles. The van der Waals surface area contributed by atoms with Crippen LogP contribution in [0.15, 0.2) is 18.2 Å². The summed E-state index contributed by atoms with van der Waals surface area (Å²) < 4.78 is 1.93. The number of hydrogen-bond donors (Lipinski definition) is 0. The maximum absolute atomic E-state index is 5.97. The largest absolute Gasteiger partial charge is 0.237 e. The molecule has 2 aromatic rings. The van der Waals surface area contributed by atoms with Crippen LogP contribution in [0.4, 0.5) is 0 Å². The molecule has 0 spiro atoms. The molecule has 0 N–H and O–H groups in total. The summed E-state index contributed by atoms with van der Waals surface area (Å²) in [7, 11) is 0. The van der Waals surface area contributed by atoms with Crippen molar-refractivity contribution in [3.63, 3.8) is 0 Å². The first kappa shape index (κ1) is 12.5. The van der Waals surface area contributed by atoms with Crippen LogP contribution in [0.3, 0.4) is 0 Å². The second kappa shape index (κ2) is 4.71. The number of halogens is 2. The summed E-state index contributed by atoms with van der Waals surface area (Å²) in [4.78, 5) is 0. The van der Waals surface area contributed by atoms with Gasteiger partial charge in [0.15, 0.2) is 0 Å². The van der Waals surface area contributed by atoms with Gasteiger partial charge in [-0.3, -0.25) is 0 Å². The molecule has 1 aromatic carbocycles. The van der Waals surface area contributed by atoms with Gasteiger partial charge < -0.3 is 0 Å². The average Bonchev–Trinajstić information content (AvgIpc) is 2.57. The van der Waals surface area contributed by atoms with Crippen molar-refractivity contribution in [1.82, 2.24) is 9.78 Å². The molecule has 0 bridgehead atoms. The Bertz CT molecular complexity index is 559. The van der Waals surface area contributed by atoms with Gasteiger partial charge in [0.1, 0.15) is 0 Å². The molecule has 4 heteroatoms. The third-order valence-corrected chi connectivity index (χ3v) is 3.59. The molecule has 2 rings (SSSR count). The molecule has 0 radical (unpaired) electrons. The van der Waals surface area contributed by atoms with Crippen molar-refractivity contribution < 1.29 is 0 Å². The monoisotopic (exact) mass is 268 g/mol. The van der Waals surface area contributed by atoms with Gasteiger partial charge in [-0.25, -0.2) is 4.68 Å². The summed E-state index contributed by atoms with van der Waals surface area (Å²) in [5, 5.41) is 5.23. The minimum Gasteiger partial charge on any atom is -0.237 e. The lowest BCUT2D eigenvalue weighted by Crippen LogP contribution is -2.02. The maximum atomic E-state index is 5.97. The Hall–Kier alpha value is -0.990. The predicted octanol–water partition coefficient (Wildman–Crippen LogP) is 4.19. The van der Waals surface area contributed by atoms with E-state index >= 15 is 0 Å². The van der Waals surface area contributed by atoms with Gasteiger partial charge in [-0.15, -0.1) is 11.6 Å². The molecule has 2 nitrogen and oxygen atoms in total. The van der Waals surface area contributed by atoms with E-state index in [1.807, 2.05) is 29.8 Å². The minimum atomic E-state index is 0.424. The smallest absolute Gasteiger partial charge is 0.0694 e. The first-order chi connectivity index (χ1) is 8.04. The van der Waals surface area contributed by atoms with E-state index in [-0.39, 0.29) is 0 Å². The van der Waals surface area contributed by atoms with Crippen LogP contribution in [0, 0.1) is 20.8 Å². The Kier molecular flexibility index (Phi) is 3.45. The number of hydrogen-bond acceptors (Lipinski definition) is 1. The number of alkyl halides is 1. The Morgan fingerprint density at radius 1 is 1.24 bits per heavy atom. The molecule has 0 aliphatic carbocycles. The summed E-state index contributed by atoms with van der Waals surface area (Å²) >= 11 is 11.9. The molecule has 0 unspecified atom stereocenters. The zero-order chi connectivity index (χ0) is 12.6. The van der Waals surface area contributed by atoms with Crippen LogP contribution >= 0.6 is 23.2 Å². The van der Waals surface area contributed by atoms with Gasteiger partial charge in [-0.05, 0) is 50.1 Å². The number of nitrogens with zero attached hydrogens (tertiary/aromatic N) is 2. The van der Waals surface area contributed by atoms with Crippen molar-refractivity contribution in [2.24, 2.45) is 0 Å². The minimum absolute atomic E-state index is 0.424. The highest BCUT2D eigenvalue weighted by Crippen LogP contribution is 2.24. The molecule has 0 aliphatic rings. The van der Waals surface area contributed by atoms with E-state index in [0.29, 0.717) is 10.9 Å². The average molecular weight is 269 g/mol. The SMILES string of the molecule is Cc1nn(-c2ccc(Cl)cc2CCl)c(C)c1C. The third kappa shape index (κ3) is 2.20. The van der Waals surface area contributed by atoms with Crippen molar-refractivity contribution in [2.45, 2.75) is 26.7 Å². The molecular weight excluding hydrogens is 255 g/mol. The van der Waals surface area contributed by atoms with Crippen LogP contribution in [-0.4, -0.2) is 9.78 Å². The molecule has 90 valence electrons. The lowest BCUT2D eigenvalue weighted by atomic mass is 10.2. The van der Waals surface area contributed by atoms with E-state index in [9.17, 15) is 0 Å². The fourth-order valence-electron chi connectivity index (χ4n) is 1.82. The normalized spacial score (nSPS) is 10.9. The van der Waals surface area contributed by atoms with Crippen LogP contribution in [0.25, 0.3) is 5.69 Å². The van der Waals surface area contributed by atoms with E-state index in [1.54, 1.807) is 0 Å². The van der Waals surface area contributed by atoms with Gasteiger partial charge >= 0.3 is 0 Å². The molecule has 0 atom stereocenters. The first-order valence-corrected chi connectivity index (χ1v) is 6.33. The molecule has 0 saturated carbocycles. The fraction of sp³-hybridized carbons (Fsp3) is 0.308. The number of aromatic nitrogens is 2. The van der Waals surface area contributed by atoms with Crippen LogP contribution in [0.2, 0.25) is 5.02 Å². The van der Waals surface area contributed by atoms with Crippen molar-refractivity contribution >= 4 is 23.2 Å². The molecular formula is C13H14Cl2N2. The van der Waals surface area contributed by atoms with Gasteiger partial charge in [-0.2, -0.15) is 5.10 Å². The number of aryl methyl sites for hydroxylation is 1. The summed E-state index contributed by atoms with van der Waals surface area (Å²) in [5.74, 6) is 0.424.